The van der Waals surface area contributed by atoms with Crippen molar-refractivity contribution in [3.05, 3.63) is 17.7 Å². The Morgan fingerprint density at radius 3 is 2.78 bits per heavy atom. The highest BCUT2D eigenvalue weighted by atomic mass is 15.1. The van der Waals surface area contributed by atoms with E-state index in [1.807, 2.05) is 6.33 Å². The molecule has 1 aliphatic carbocycles. The Morgan fingerprint density at radius 2 is 2.00 bits per heavy atom. The highest BCUT2D eigenvalue weighted by Gasteiger charge is 2.14. The van der Waals surface area contributed by atoms with Crippen LogP contribution in [-0.4, -0.2) is 21.6 Å². The molecule has 0 bridgehead atoms. The number of aromatic nitrogens is 2. The number of hydrogen-bond donors (Lipinski definition) is 1. The number of nitrogens with one attached hydrogen (secondary N) is 1. The topological polar surface area (TPSA) is 29.9 Å². The number of aryl methyl sites for hydroxylation is 2. The van der Waals surface area contributed by atoms with Crippen LogP contribution >= 0.6 is 0 Å². The van der Waals surface area contributed by atoms with Gasteiger partial charge >= 0.3 is 0 Å². The minimum atomic E-state index is 0.244. The van der Waals surface area contributed by atoms with Gasteiger partial charge in [0, 0.05) is 17.8 Å². The Morgan fingerprint density at radius 1 is 1.22 bits per heavy atom. The molecule has 1 N–H and O–H groups in total. The van der Waals surface area contributed by atoms with Crippen molar-refractivity contribution in [3.63, 3.8) is 0 Å². The third-order valence-electron chi connectivity index (χ3n) is 3.59. The fraction of sp³-hybridized carbons (Fsp3) is 0.800. The van der Waals surface area contributed by atoms with E-state index in [9.17, 15) is 0 Å². The fourth-order valence-corrected chi connectivity index (χ4v) is 2.59. The molecule has 1 heterocycles. The van der Waals surface area contributed by atoms with E-state index < -0.39 is 0 Å². The zero-order valence-corrected chi connectivity index (χ0v) is 12.1. The van der Waals surface area contributed by atoms with Gasteiger partial charge in [-0.1, -0.05) is 0 Å². The van der Waals surface area contributed by atoms with Gasteiger partial charge in [-0.15, -0.1) is 0 Å². The molecule has 3 heteroatoms. The fourth-order valence-electron chi connectivity index (χ4n) is 2.59. The Hall–Kier alpha value is -0.830. The molecule has 1 aromatic heterocycles. The quantitative estimate of drug-likeness (QED) is 0.813. The Bertz CT molecular complexity index is 374. The summed E-state index contributed by atoms with van der Waals surface area (Å²) in [4.78, 5) is 4.54. The lowest BCUT2D eigenvalue weighted by molar-refractivity contribution is 0.413. The first kappa shape index (κ1) is 13.6. The van der Waals surface area contributed by atoms with Gasteiger partial charge in [-0.2, -0.15) is 0 Å². The summed E-state index contributed by atoms with van der Waals surface area (Å²) in [6.07, 6.45) is 9.61. The molecular formula is C15H27N3. The van der Waals surface area contributed by atoms with Gasteiger partial charge in [-0.05, 0) is 65.8 Å². The number of unbranched alkanes of at least 4 members (excludes halogenated alkanes) is 1. The minimum absolute atomic E-state index is 0.244. The molecule has 1 aliphatic rings. The first-order valence-corrected chi connectivity index (χ1v) is 7.34. The molecule has 0 atom stereocenters. The first-order valence-electron chi connectivity index (χ1n) is 7.34. The highest BCUT2D eigenvalue weighted by molar-refractivity contribution is 5.16. The van der Waals surface area contributed by atoms with Gasteiger partial charge in [0.1, 0.15) is 0 Å². The van der Waals surface area contributed by atoms with E-state index in [2.05, 4.69) is 35.6 Å². The van der Waals surface area contributed by atoms with E-state index in [1.54, 1.807) is 0 Å². The molecule has 18 heavy (non-hydrogen) atoms. The van der Waals surface area contributed by atoms with E-state index in [0.29, 0.717) is 0 Å². The standard InChI is InChI=1S/C15H27N3/c1-15(2,3)17-10-6-7-11-18-12-16-13-8-4-5-9-14(13)18/h12,17H,4-11H2,1-3H3. The van der Waals surface area contributed by atoms with Crippen LogP contribution in [0.3, 0.4) is 0 Å². The van der Waals surface area contributed by atoms with Gasteiger partial charge in [0.25, 0.3) is 0 Å². The first-order chi connectivity index (χ1) is 8.56. The van der Waals surface area contributed by atoms with Crippen LogP contribution in [0.25, 0.3) is 0 Å². The van der Waals surface area contributed by atoms with Crippen LogP contribution in [0.1, 0.15) is 57.8 Å². The minimum Gasteiger partial charge on any atom is -0.334 e. The maximum Gasteiger partial charge on any atom is 0.0951 e. The van der Waals surface area contributed by atoms with Crippen molar-refractivity contribution in [1.82, 2.24) is 14.9 Å². The molecule has 0 amide bonds. The molecule has 0 radical (unpaired) electrons. The van der Waals surface area contributed by atoms with Crippen LogP contribution in [0.4, 0.5) is 0 Å². The van der Waals surface area contributed by atoms with Crippen molar-refractivity contribution in [2.75, 3.05) is 6.54 Å². The van der Waals surface area contributed by atoms with Crippen molar-refractivity contribution in [2.45, 2.75) is 71.4 Å². The average Bonchev–Trinajstić information content (AvgIpc) is 2.71. The predicted octanol–water partition coefficient (Wildman–Crippen LogP) is 2.93. The molecule has 0 unspecified atom stereocenters. The van der Waals surface area contributed by atoms with Crippen LogP contribution in [0.5, 0.6) is 0 Å². The summed E-state index contributed by atoms with van der Waals surface area (Å²) in [6, 6.07) is 0. The number of nitrogens with zero attached hydrogens (tertiary/aromatic N) is 2. The molecule has 0 aliphatic heterocycles. The summed E-state index contributed by atoms with van der Waals surface area (Å²) < 4.78 is 2.38. The largest absolute Gasteiger partial charge is 0.334 e. The third-order valence-corrected chi connectivity index (χ3v) is 3.59. The van der Waals surface area contributed by atoms with Crippen LogP contribution in [0.15, 0.2) is 6.33 Å². The summed E-state index contributed by atoms with van der Waals surface area (Å²) >= 11 is 0. The molecule has 2 rings (SSSR count). The van der Waals surface area contributed by atoms with E-state index in [1.165, 1.54) is 49.9 Å². The number of hydrogen-bond acceptors (Lipinski definition) is 2. The Labute approximate surface area is 111 Å². The van der Waals surface area contributed by atoms with Crippen molar-refractivity contribution < 1.29 is 0 Å². The molecule has 0 spiro atoms. The smallest absolute Gasteiger partial charge is 0.0951 e. The second-order valence-electron chi connectivity index (χ2n) is 6.42. The van der Waals surface area contributed by atoms with Crippen molar-refractivity contribution in [1.29, 1.82) is 0 Å². The SMILES string of the molecule is CC(C)(C)NCCCCn1cnc2c1CCCC2. The lowest BCUT2D eigenvalue weighted by Crippen LogP contribution is -2.36. The zero-order valence-electron chi connectivity index (χ0n) is 12.1. The van der Waals surface area contributed by atoms with Gasteiger partial charge < -0.3 is 9.88 Å². The monoisotopic (exact) mass is 249 g/mol. The van der Waals surface area contributed by atoms with E-state index in [-0.39, 0.29) is 5.54 Å². The van der Waals surface area contributed by atoms with Gasteiger partial charge in [0.05, 0.1) is 12.0 Å². The Balaban J connectivity index is 1.72. The summed E-state index contributed by atoms with van der Waals surface area (Å²) in [5.74, 6) is 0. The molecule has 0 saturated heterocycles. The summed E-state index contributed by atoms with van der Waals surface area (Å²) in [5, 5.41) is 3.54. The molecule has 102 valence electrons. The average molecular weight is 249 g/mol. The number of rotatable bonds is 5. The van der Waals surface area contributed by atoms with Crippen LogP contribution in [0.2, 0.25) is 0 Å². The van der Waals surface area contributed by atoms with E-state index in [0.717, 1.165) is 13.1 Å². The predicted molar refractivity (Wildman–Crippen MR) is 75.9 cm³/mol. The lowest BCUT2D eigenvalue weighted by Gasteiger charge is -2.20. The molecular weight excluding hydrogens is 222 g/mol. The van der Waals surface area contributed by atoms with Crippen molar-refractivity contribution in [2.24, 2.45) is 0 Å². The molecule has 1 aromatic rings. The van der Waals surface area contributed by atoms with Gasteiger partial charge in [0.2, 0.25) is 0 Å². The van der Waals surface area contributed by atoms with E-state index in [4.69, 9.17) is 0 Å². The number of fused-ring (bicyclic) bond motifs is 1. The molecule has 0 saturated carbocycles. The maximum atomic E-state index is 4.54. The van der Waals surface area contributed by atoms with Gasteiger partial charge in [-0.25, -0.2) is 4.98 Å². The zero-order chi connectivity index (χ0) is 13.0. The Kier molecular flexibility index (Phi) is 4.44. The van der Waals surface area contributed by atoms with Gasteiger partial charge in [0.15, 0.2) is 0 Å². The summed E-state index contributed by atoms with van der Waals surface area (Å²) in [5.41, 5.74) is 3.10. The molecule has 0 fully saturated rings. The number of imidazole rings is 1. The van der Waals surface area contributed by atoms with Crippen molar-refractivity contribution in [3.8, 4) is 0 Å². The van der Waals surface area contributed by atoms with Crippen LogP contribution in [-0.2, 0) is 19.4 Å². The third kappa shape index (κ3) is 3.84. The van der Waals surface area contributed by atoms with Crippen molar-refractivity contribution >= 4 is 0 Å². The van der Waals surface area contributed by atoms with Crippen LogP contribution < -0.4 is 5.32 Å². The van der Waals surface area contributed by atoms with Gasteiger partial charge in [-0.3, -0.25) is 0 Å². The second-order valence-corrected chi connectivity index (χ2v) is 6.42. The second kappa shape index (κ2) is 5.87. The molecule has 3 nitrogen and oxygen atoms in total. The van der Waals surface area contributed by atoms with Crippen LogP contribution in [0, 0.1) is 0 Å². The molecule has 0 aromatic carbocycles. The summed E-state index contributed by atoms with van der Waals surface area (Å²) in [6.45, 7) is 8.91. The normalized spacial score (nSPS) is 15.7. The maximum absolute atomic E-state index is 4.54. The summed E-state index contributed by atoms with van der Waals surface area (Å²) in [7, 11) is 0. The van der Waals surface area contributed by atoms with E-state index >= 15 is 0 Å². The highest BCUT2D eigenvalue weighted by Crippen LogP contribution is 2.20. The lowest BCUT2D eigenvalue weighted by atomic mass is 10.0.